The predicted molar refractivity (Wildman–Crippen MR) is 123 cm³/mol. The summed E-state index contributed by atoms with van der Waals surface area (Å²) in [5.74, 6) is 1.05. The molecule has 0 fully saturated rings. The third-order valence-electron chi connectivity index (χ3n) is 4.55. The van der Waals surface area contributed by atoms with Crippen LogP contribution < -0.4 is 9.47 Å². The molecule has 0 spiro atoms. The van der Waals surface area contributed by atoms with Crippen molar-refractivity contribution in [2.24, 2.45) is 4.99 Å². The van der Waals surface area contributed by atoms with E-state index in [0.29, 0.717) is 30.6 Å². The van der Waals surface area contributed by atoms with Crippen LogP contribution in [0.2, 0.25) is 0 Å². The predicted octanol–water partition coefficient (Wildman–Crippen LogP) is 5.77. The Labute approximate surface area is 189 Å². The Balaban J connectivity index is 1.56. The first-order chi connectivity index (χ1) is 15.1. The second-order valence-corrected chi connectivity index (χ2v) is 7.58. The molecule has 0 bridgehead atoms. The molecule has 0 aromatic heterocycles. The van der Waals surface area contributed by atoms with Gasteiger partial charge >= 0.3 is 5.97 Å². The maximum absolute atomic E-state index is 12.3. The summed E-state index contributed by atoms with van der Waals surface area (Å²) >= 11 is 3.53. The van der Waals surface area contributed by atoms with E-state index in [1.165, 1.54) is 0 Å². The van der Waals surface area contributed by atoms with Gasteiger partial charge in [0, 0.05) is 15.6 Å². The molecule has 0 saturated carbocycles. The number of cyclic esters (lactones) is 1. The summed E-state index contributed by atoms with van der Waals surface area (Å²) in [5.41, 5.74) is 2.79. The fourth-order valence-electron chi connectivity index (χ4n) is 3.04. The summed E-state index contributed by atoms with van der Waals surface area (Å²) in [7, 11) is 0. The molecule has 1 aliphatic heterocycles. The zero-order valence-electron chi connectivity index (χ0n) is 16.9. The van der Waals surface area contributed by atoms with E-state index in [1.807, 2.05) is 79.7 Å². The van der Waals surface area contributed by atoms with Crippen LogP contribution in [0.4, 0.5) is 0 Å². The Kier molecular flexibility index (Phi) is 6.48. The molecule has 3 aromatic rings. The van der Waals surface area contributed by atoms with Crippen LogP contribution in [0, 0.1) is 0 Å². The van der Waals surface area contributed by atoms with E-state index < -0.39 is 5.97 Å². The zero-order chi connectivity index (χ0) is 21.6. The van der Waals surface area contributed by atoms with Crippen molar-refractivity contribution in [3.63, 3.8) is 0 Å². The number of hydrogen-bond acceptors (Lipinski definition) is 5. The molecule has 6 heteroatoms. The number of carbonyl (C=O) groups is 1. The van der Waals surface area contributed by atoms with Crippen LogP contribution in [-0.2, 0) is 16.1 Å². The Morgan fingerprint density at radius 1 is 0.968 bits per heavy atom. The summed E-state index contributed by atoms with van der Waals surface area (Å²) in [6.45, 7) is 2.80. The lowest BCUT2D eigenvalue weighted by atomic mass is 10.1. The van der Waals surface area contributed by atoms with Crippen molar-refractivity contribution in [3.05, 3.63) is 99.7 Å². The molecular formula is C25H20BrNO4. The molecule has 0 radical (unpaired) electrons. The van der Waals surface area contributed by atoms with Gasteiger partial charge in [0.25, 0.3) is 0 Å². The highest BCUT2D eigenvalue weighted by molar-refractivity contribution is 9.10. The van der Waals surface area contributed by atoms with E-state index in [2.05, 4.69) is 20.9 Å². The van der Waals surface area contributed by atoms with Gasteiger partial charge in [-0.05, 0) is 48.9 Å². The largest absolute Gasteiger partial charge is 0.490 e. The van der Waals surface area contributed by atoms with Crippen LogP contribution in [0.3, 0.4) is 0 Å². The molecular weight excluding hydrogens is 458 g/mol. The third kappa shape index (κ3) is 5.03. The van der Waals surface area contributed by atoms with E-state index in [0.717, 1.165) is 21.2 Å². The van der Waals surface area contributed by atoms with Gasteiger partial charge in [-0.2, -0.15) is 0 Å². The zero-order valence-corrected chi connectivity index (χ0v) is 18.5. The van der Waals surface area contributed by atoms with Crippen LogP contribution in [0.25, 0.3) is 6.08 Å². The number of halogens is 1. The van der Waals surface area contributed by atoms with Crippen LogP contribution in [0.1, 0.15) is 23.6 Å². The summed E-state index contributed by atoms with van der Waals surface area (Å²) in [4.78, 5) is 16.6. The summed E-state index contributed by atoms with van der Waals surface area (Å²) in [6, 6.07) is 22.7. The molecule has 156 valence electrons. The lowest BCUT2D eigenvalue weighted by Gasteiger charge is -2.13. The smallest absolute Gasteiger partial charge is 0.363 e. The third-order valence-corrected chi connectivity index (χ3v) is 5.33. The molecule has 0 unspecified atom stereocenters. The molecule has 0 aliphatic carbocycles. The highest BCUT2D eigenvalue weighted by Gasteiger charge is 2.24. The van der Waals surface area contributed by atoms with E-state index in [1.54, 1.807) is 6.08 Å². The lowest BCUT2D eigenvalue weighted by molar-refractivity contribution is -0.129. The summed E-state index contributed by atoms with van der Waals surface area (Å²) in [6.07, 6.45) is 1.68. The normalized spacial score (nSPS) is 14.3. The first-order valence-corrected chi connectivity index (χ1v) is 10.6. The first kappa shape index (κ1) is 20.9. The molecule has 4 rings (SSSR count). The fraction of sp³-hybridized carbons (Fsp3) is 0.120. The minimum Gasteiger partial charge on any atom is -0.490 e. The van der Waals surface area contributed by atoms with Gasteiger partial charge < -0.3 is 14.2 Å². The van der Waals surface area contributed by atoms with Crippen LogP contribution >= 0.6 is 15.9 Å². The minimum absolute atomic E-state index is 0.239. The molecule has 31 heavy (non-hydrogen) atoms. The van der Waals surface area contributed by atoms with E-state index in [-0.39, 0.29) is 5.70 Å². The van der Waals surface area contributed by atoms with Gasteiger partial charge in [0.2, 0.25) is 5.90 Å². The van der Waals surface area contributed by atoms with Crippen molar-refractivity contribution >= 4 is 33.9 Å². The number of aliphatic imine (C=N–C) groups is 1. The van der Waals surface area contributed by atoms with E-state index in [9.17, 15) is 4.79 Å². The van der Waals surface area contributed by atoms with Gasteiger partial charge in [0.05, 0.1) is 6.61 Å². The van der Waals surface area contributed by atoms with Crippen molar-refractivity contribution in [2.75, 3.05) is 6.61 Å². The Morgan fingerprint density at radius 3 is 2.52 bits per heavy atom. The standard InChI is InChI=1S/C25H20BrNO4/c1-2-29-23-15-17(12-13-22(23)30-16-19-10-6-7-11-20(19)26)14-21-25(28)31-24(27-21)18-8-4-3-5-9-18/h3-15H,2,16H2,1H3/b21-14-. The van der Waals surface area contributed by atoms with Crippen molar-refractivity contribution in [1.29, 1.82) is 0 Å². The van der Waals surface area contributed by atoms with Gasteiger partial charge in [0.1, 0.15) is 6.61 Å². The molecule has 0 saturated heterocycles. The Morgan fingerprint density at radius 2 is 1.74 bits per heavy atom. The minimum atomic E-state index is -0.480. The lowest BCUT2D eigenvalue weighted by Crippen LogP contribution is -2.05. The van der Waals surface area contributed by atoms with Gasteiger partial charge in [-0.1, -0.05) is 58.4 Å². The van der Waals surface area contributed by atoms with E-state index in [4.69, 9.17) is 14.2 Å². The maximum atomic E-state index is 12.3. The summed E-state index contributed by atoms with van der Waals surface area (Å²) < 4.78 is 18.0. The molecule has 5 nitrogen and oxygen atoms in total. The number of nitrogens with zero attached hydrogens (tertiary/aromatic N) is 1. The maximum Gasteiger partial charge on any atom is 0.363 e. The summed E-state index contributed by atoms with van der Waals surface area (Å²) in [5, 5.41) is 0. The number of carbonyl (C=O) groups excluding carboxylic acids is 1. The Bertz CT molecular complexity index is 1160. The van der Waals surface area contributed by atoms with Crippen molar-refractivity contribution in [2.45, 2.75) is 13.5 Å². The number of esters is 1. The van der Waals surface area contributed by atoms with Gasteiger partial charge in [-0.15, -0.1) is 0 Å². The average molecular weight is 478 g/mol. The second kappa shape index (κ2) is 9.62. The molecule has 0 atom stereocenters. The van der Waals surface area contributed by atoms with Crippen molar-refractivity contribution in [1.82, 2.24) is 0 Å². The van der Waals surface area contributed by atoms with E-state index >= 15 is 0 Å². The molecule has 1 aliphatic rings. The number of hydrogen-bond donors (Lipinski definition) is 0. The average Bonchev–Trinajstić information content (AvgIpc) is 3.15. The monoisotopic (exact) mass is 477 g/mol. The van der Waals surface area contributed by atoms with Crippen LogP contribution in [0.15, 0.2) is 88.0 Å². The number of ether oxygens (including phenoxy) is 3. The van der Waals surface area contributed by atoms with Crippen LogP contribution in [0.5, 0.6) is 11.5 Å². The van der Waals surface area contributed by atoms with Crippen LogP contribution in [-0.4, -0.2) is 18.5 Å². The first-order valence-electron chi connectivity index (χ1n) is 9.85. The highest BCUT2D eigenvalue weighted by atomic mass is 79.9. The Hall–Kier alpha value is -3.38. The quantitative estimate of drug-likeness (QED) is 0.320. The SMILES string of the molecule is CCOc1cc(/C=C2\N=C(c3ccccc3)OC2=O)ccc1OCc1ccccc1Br. The topological polar surface area (TPSA) is 57.1 Å². The molecule has 1 heterocycles. The molecule has 0 N–H and O–H groups in total. The van der Waals surface area contributed by atoms with Crippen molar-refractivity contribution in [3.8, 4) is 11.5 Å². The molecule has 0 amide bonds. The number of benzene rings is 3. The van der Waals surface area contributed by atoms with Gasteiger partial charge in [-0.3, -0.25) is 0 Å². The van der Waals surface area contributed by atoms with Crippen molar-refractivity contribution < 1.29 is 19.0 Å². The molecule has 3 aromatic carbocycles. The highest BCUT2D eigenvalue weighted by Crippen LogP contribution is 2.31. The fourth-order valence-corrected chi connectivity index (χ4v) is 3.44. The van der Waals surface area contributed by atoms with Gasteiger partial charge in [0.15, 0.2) is 17.2 Å². The second-order valence-electron chi connectivity index (χ2n) is 6.72. The van der Waals surface area contributed by atoms with Gasteiger partial charge in [-0.25, -0.2) is 9.79 Å². The number of rotatable bonds is 7.